The molecule has 9 heteroatoms. The number of H-pyrrole nitrogens is 1. The summed E-state index contributed by atoms with van der Waals surface area (Å²) in [4.78, 5) is 19.1. The van der Waals surface area contributed by atoms with Gasteiger partial charge in [-0.2, -0.15) is 0 Å². The summed E-state index contributed by atoms with van der Waals surface area (Å²) in [5, 5.41) is 29.3. The summed E-state index contributed by atoms with van der Waals surface area (Å²) in [5.41, 5.74) is 0.761. The first-order valence-electron chi connectivity index (χ1n) is 6.67. The van der Waals surface area contributed by atoms with Gasteiger partial charge in [-0.05, 0) is 19.1 Å². The zero-order valence-electron chi connectivity index (χ0n) is 11.6. The van der Waals surface area contributed by atoms with Gasteiger partial charge in [-0.15, -0.1) is 0 Å². The lowest BCUT2D eigenvalue weighted by molar-refractivity contribution is -0.0538. The third-order valence-corrected chi connectivity index (χ3v) is 3.97. The molecule has 1 saturated heterocycles. The highest BCUT2D eigenvalue weighted by atomic mass is 32.1. The zero-order valence-corrected chi connectivity index (χ0v) is 12.4. The Labute approximate surface area is 129 Å². The molecule has 0 saturated carbocycles. The lowest BCUT2D eigenvalue weighted by atomic mass is 10.1. The molecule has 1 aliphatic heterocycles. The SMILES string of the molecule is Cc1cc(=O)c2cn(C3OC(CO)C(O)C3O)c(=S)nc2[nH]1. The van der Waals surface area contributed by atoms with Crippen molar-refractivity contribution in [2.45, 2.75) is 31.5 Å². The molecule has 118 valence electrons. The Hall–Kier alpha value is -1.65. The normalized spacial score (nSPS) is 28.4. The van der Waals surface area contributed by atoms with Gasteiger partial charge in [-0.25, -0.2) is 4.98 Å². The summed E-state index contributed by atoms with van der Waals surface area (Å²) in [6.07, 6.45) is -3.04. The van der Waals surface area contributed by atoms with Gasteiger partial charge < -0.3 is 25.0 Å². The molecule has 22 heavy (non-hydrogen) atoms. The van der Waals surface area contributed by atoms with Gasteiger partial charge in [0.1, 0.15) is 24.0 Å². The van der Waals surface area contributed by atoms with Crippen LogP contribution in [0.4, 0.5) is 0 Å². The zero-order chi connectivity index (χ0) is 16.0. The topological polar surface area (TPSA) is 121 Å². The van der Waals surface area contributed by atoms with Crippen molar-refractivity contribution in [3.63, 3.8) is 0 Å². The van der Waals surface area contributed by atoms with E-state index in [9.17, 15) is 15.0 Å². The van der Waals surface area contributed by atoms with Crippen LogP contribution < -0.4 is 5.43 Å². The second-order valence-electron chi connectivity index (χ2n) is 5.24. The molecule has 0 radical (unpaired) electrons. The van der Waals surface area contributed by atoms with Crippen LogP contribution in [0.2, 0.25) is 0 Å². The summed E-state index contributed by atoms with van der Waals surface area (Å²) in [6, 6.07) is 1.43. The Kier molecular flexibility index (Phi) is 3.83. The summed E-state index contributed by atoms with van der Waals surface area (Å²) in [7, 11) is 0. The van der Waals surface area contributed by atoms with Gasteiger partial charge in [0, 0.05) is 18.0 Å². The molecule has 4 atom stereocenters. The largest absolute Gasteiger partial charge is 0.394 e. The molecule has 0 spiro atoms. The number of rotatable bonds is 2. The molecule has 0 amide bonds. The molecule has 8 nitrogen and oxygen atoms in total. The van der Waals surface area contributed by atoms with Crippen molar-refractivity contribution in [1.82, 2.24) is 14.5 Å². The van der Waals surface area contributed by atoms with Crippen LogP contribution in [0.1, 0.15) is 11.9 Å². The monoisotopic (exact) mass is 325 g/mol. The van der Waals surface area contributed by atoms with E-state index in [0.717, 1.165) is 0 Å². The first kappa shape index (κ1) is 15.3. The van der Waals surface area contributed by atoms with Crippen LogP contribution in [-0.4, -0.2) is 54.8 Å². The van der Waals surface area contributed by atoms with Gasteiger partial charge in [0.2, 0.25) is 4.77 Å². The van der Waals surface area contributed by atoms with E-state index in [2.05, 4.69) is 9.97 Å². The molecule has 2 aromatic rings. The van der Waals surface area contributed by atoms with E-state index in [-0.39, 0.29) is 15.6 Å². The fourth-order valence-corrected chi connectivity index (χ4v) is 2.78. The molecular weight excluding hydrogens is 310 g/mol. The molecule has 0 aliphatic carbocycles. The fraction of sp³-hybridized carbons (Fsp3) is 0.462. The predicted octanol–water partition coefficient (Wildman–Crippen LogP) is -0.626. The van der Waals surface area contributed by atoms with Crippen LogP contribution in [0.15, 0.2) is 17.1 Å². The number of aliphatic hydroxyl groups is 3. The predicted molar refractivity (Wildman–Crippen MR) is 78.9 cm³/mol. The average molecular weight is 325 g/mol. The summed E-state index contributed by atoms with van der Waals surface area (Å²) >= 11 is 5.16. The van der Waals surface area contributed by atoms with E-state index in [1.54, 1.807) is 6.92 Å². The molecule has 4 N–H and O–H groups in total. The second kappa shape index (κ2) is 5.52. The number of pyridine rings is 1. The number of fused-ring (bicyclic) bond motifs is 1. The number of ether oxygens (including phenoxy) is 1. The Morgan fingerprint density at radius 1 is 1.45 bits per heavy atom. The summed E-state index contributed by atoms with van der Waals surface area (Å²) in [5.74, 6) is 0. The van der Waals surface area contributed by atoms with Crippen LogP contribution in [0.5, 0.6) is 0 Å². The smallest absolute Gasteiger partial charge is 0.203 e. The fourth-order valence-electron chi connectivity index (χ4n) is 2.53. The maximum atomic E-state index is 12.0. The van der Waals surface area contributed by atoms with Gasteiger partial charge in [0.25, 0.3) is 0 Å². The minimum absolute atomic E-state index is 0.0867. The number of hydrogen-bond acceptors (Lipinski definition) is 7. The van der Waals surface area contributed by atoms with Crippen molar-refractivity contribution in [3.05, 3.63) is 33.0 Å². The Balaban J connectivity index is 2.14. The van der Waals surface area contributed by atoms with Gasteiger partial charge in [0.15, 0.2) is 11.7 Å². The van der Waals surface area contributed by atoms with E-state index in [4.69, 9.17) is 22.1 Å². The molecule has 1 fully saturated rings. The highest BCUT2D eigenvalue weighted by Crippen LogP contribution is 2.29. The van der Waals surface area contributed by atoms with Crippen molar-refractivity contribution in [2.75, 3.05) is 6.61 Å². The number of hydrogen-bond donors (Lipinski definition) is 4. The van der Waals surface area contributed by atoms with E-state index < -0.39 is 31.1 Å². The minimum Gasteiger partial charge on any atom is -0.394 e. The number of nitrogens with one attached hydrogen (secondary N) is 1. The lowest BCUT2D eigenvalue weighted by Crippen LogP contribution is -2.33. The van der Waals surface area contributed by atoms with E-state index in [0.29, 0.717) is 11.3 Å². The summed E-state index contributed by atoms with van der Waals surface area (Å²) in [6.45, 7) is 1.29. The van der Waals surface area contributed by atoms with Gasteiger partial charge in [0.05, 0.1) is 12.0 Å². The van der Waals surface area contributed by atoms with Crippen molar-refractivity contribution in [3.8, 4) is 0 Å². The van der Waals surface area contributed by atoms with Gasteiger partial charge in [-0.3, -0.25) is 9.36 Å². The summed E-state index contributed by atoms with van der Waals surface area (Å²) < 4.78 is 6.81. The molecule has 4 unspecified atom stereocenters. The third-order valence-electron chi connectivity index (χ3n) is 3.67. The van der Waals surface area contributed by atoms with Crippen molar-refractivity contribution >= 4 is 23.3 Å². The maximum Gasteiger partial charge on any atom is 0.203 e. The van der Waals surface area contributed by atoms with E-state index in [1.165, 1.54) is 16.8 Å². The molecule has 2 aromatic heterocycles. The lowest BCUT2D eigenvalue weighted by Gasteiger charge is -2.18. The third kappa shape index (κ3) is 2.36. The van der Waals surface area contributed by atoms with E-state index >= 15 is 0 Å². The van der Waals surface area contributed by atoms with E-state index in [1.807, 2.05) is 0 Å². The molecular formula is C13H15N3O5S. The average Bonchev–Trinajstić information content (AvgIpc) is 2.74. The highest BCUT2D eigenvalue weighted by molar-refractivity contribution is 7.71. The van der Waals surface area contributed by atoms with Crippen LogP contribution in [0.25, 0.3) is 11.0 Å². The van der Waals surface area contributed by atoms with Crippen molar-refractivity contribution in [2.24, 2.45) is 0 Å². The van der Waals surface area contributed by atoms with Gasteiger partial charge >= 0.3 is 0 Å². The molecule has 3 heterocycles. The van der Waals surface area contributed by atoms with Crippen LogP contribution in [0.3, 0.4) is 0 Å². The van der Waals surface area contributed by atoms with Crippen LogP contribution in [-0.2, 0) is 4.74 Å². The first-order valence-corrected chi connectivity index (χ1v) is 7.08. The Bertz CT molecular complexity index is 833. The van der Waals surface area contributed by atoms with Gasteiger partial charge in [-0.1, -0.05) is 0 Å². The number of nitrogens with zero attached hydrogens (tertiary/aromatic N) is 2. The molecule has 0 bridgehead atoms. The quantitative estimate of drug-likeness (QED) is 0.543. The van der Waals surface area contributed by atoms with Crippen LogP contribution >= 0.6 is 12.2 Å². The molecule has 0 aromatic carbocycles. The highest BCUT2D eigenvalue weighted by Gasteiger charge is 2.43. The second-order valence-corrected chi connectivity index (χ2v) is 5.60. The van der Waals surface area contributed by atoms with Crippen LogP contribution in [0, 0.1) is 11.7 Å². The molecule has 3 rings (SSSR count). The standard InChI is InChI=1S/C13H15N3O5S/c1-5-2-7(18)6-3-16(13(22)15-11(6)14-5)12-10(20)9(19)8(4-17)21-12/h2-3,8-10,12,17,19-20H,4H2,1H3,(H,14,15,22). The Morgan fingerprint density at radius 2 is 2.18 bits per heavy atom. The number of aromatic nitrogens is 3. The van der Waals surface area contributed by atoms with Crippen molar-refractivity contribution in [1.29, 1.82) is 0 Å². The minimum atomic E-state index is -1.28. The Morgan fingerprint density at radius 3 is 2.82 bits per heavy atom. The maximum absolute atomic E-state index is 12.0. The number of aromatic amines is 1. The number of aliphatic hydroxyl groups excluding tert-OH is 3. The van der Waals surface area contributed by atoms with Crippen molar-refractivity contribution < 1.29 is 20.1 Å². The number of aryl methyl sites for hydroxylation is 1. The molecule has 1 aliphatic rings. The first-order chi connectivity index (χ1) is 10.4.